The second-order valence-corrected chi connectivity index (χ2v) is 6.08. The summed E-state index contributed by atoms with van der Waals surface area (Å²) in [5.74, 6) is 0.721. The van der Waals surface area contributed by atoms with Crippen LogP contribution in [0.4, 0.5) is 0 Å². The lowest BCUT2D eigenvalue weighted by Crippen LogP contribution is -2.28. The van der Waals surface area contributed by atoms with E-state index < -0.39 is 0 Å². The van der Waals surface area contributed by atoms with Crippen LogP contribution < -0.4 is 5.32 Å². The average Bonchev–Trinajstić information content (AvgIpc) is 2.78. The molecule has 0 spiro atoms. The highest BCUT2D eigenvalue weighted by Gasteiger charge is 2.21. The van der Waals surface area contributed by atoms with Crippen molar-refractivity contribution < 1.29 is 0 Å². The van der Waals surface area contributed by atoms with E-state index >= 15 is 0 Å². The summed E-state index contributed by atoms with van der Waals surface area (Å²) in [6.07, 6.45) is 1.20. The van der Waals surface area contributed by atoms with E-state index in [9.17, 15) is 0 Å². The third kappa shape index (κ3) is 5.30. The molecule has 0 aromatic heterocycles. The number of hydrogen-bond acceptors (Lipinski definition) is 4. The zero-order valence-electron chi connectivity index (χ0n) is 11.7. The Labute approximate surface area is 110 Å². The summed E-state index contributed by atoms with van der Waals surface area (Å²) < 4.78 is 0. The number of rotatable bonds is 7. The van der Waals surface area contributed by atoms with Crippen LogP contribution in [0, 0.1) is 5.92 Å². The molecule has 100 valence electrons. The molecule has 0 aliphatic carbocycles. The molecular formula is C13H27N3S. The van der Waals surface area contributed by atoms with Crippen molar-refractivity contribution in [3.63, 3.8) is 0 Å². The Kier molecular flexibility index (Phi) is 6.97. The maximum atomic E-state index is 4.55. The van der Waals surface area contributed by atoms with Gasteiger partial charge in [0.05, 0.1) is 6.54 Å². The Hall–Kier alpha value is -0.220. The monoisotopic (exact) mass is 257 g/mol. The summed E-state index contributed by atoms with van der Waals surface area (Å²) in [4.78, 5) is 7.01. The van der Waals surface area contributed by atoms with Crippen molar-refractivity contribution in [3.8, 4) is 0 Å². The Bertz CT molecular complexity index is 237. The first-order valence-corrected chi connectivity index (χ1v) is 7.72. The molecule has 0 saturated carbocycles. The third-order valence-electron chi connectivity index (χ3n) is 3.24. The molecule has 1 atom stereocenters. The van der Waals surface area contributed by atoms with E-state index in [0.29, 0.717) is 5.25 Å². The van der Waals surface area contributed by atoms with Crippen LogP contribution in [0.15, 0.2) is 4.99 Å². The molecule has 0 amide bonds. The Morgan fingerprint density at radius 2 is 2.12 bits per heavy atom. The normalized spacial score (nSPS) is 20.1. The molecule has 0 fully saturated rings. The van der Waals surface area contributed by atoms with Gasteiger partial charge in [0.1, 0.15) is 0 Å². The van der Waals surface area contributed by atoms with E-state index in [1.165, 1.54) is 13.0 Å². The van der Waals surface area contributed by atoms with E-state index in [0.717, 1.165) is 37.3 Å². The third-order valence-corrected chi connectivity index (χ3v) is 4.74. The molecule has 1 rings (SSSR count). The first-order chi connectivity index (χ1) is 8.17. The zero-order valence-corrected chi connectivity index (χ0v) is 12.5. The van der Waals surface area contributed by atoms with Crippen LogP contribution >= 0.6 is 11.8 Å². The lowest BCUT2D eigenvalue weighted by Gasteiger charge is -2.18. The van der Waals surface area contributed by atoms with Crippen molar-refractivity contribution in [2.24, 2.45) is 10.9 Å². The summed E-state index contributed by atoms with van der Waals surface area (Å²) >= 11 is 1.91. The van der Waals surface area contributed by atoms with Crippen LogP contribution in [0.1, 0.15) is 34.1 Å². The van der Waals surface area contributed by atoms with E-state index in [2.05, 4.69) is 42.9 Å². The van der Waals surface area contributed by atoms with Gasteiger partial charge in [-0.3, -0.25) is 4.99 Å². The molecule has 1 heterocycles. The van der Waals surface area contributed by atoms with Gasteiger partial charge in [0, 0.05) is 11.8 Å². The molecule has 1 N–H and O–H groups in total. The van der Waals surface area contributed by atoms with Gasteiger partial charge in [0.15, 0.2) is 5.17 Å². The second kappa shape index (κ2) is 7.98. The van der Waals surface area contributed by atoms with Crippen molar-refractivity contribution in [1.82, 2.24) is 10.2 Å². The molecule has 0 bridgehead atoms. The maximum Gasteiger partial charge on any atom is 0.156 e. The molecule has 0 radical (unpaired) electrons. The van der Waals surface area contributed by atoms with Crippen molar-refractivity contribution >= 4 is 16.9 Å². The molecule has 1 unspecified atom stereocenters. The number of nitrogens with one attached hydrogen (secondary N) is 1. The van der Waals surface area contributed by atoms with Crippen LogP contribution in [0.2, 0.25) is 0 Å². The summed E-state index contributed by atoms with van der Waals surface area (Å²) in [6, 6.07) is 0. The van der Waals surface area contributed by atoms with Gasteiger partial charge in [-0.05, 0) is 32.0 Å². The van der Waals surface area contributed by atoms with Gasteiger partial charge >= 0.3 is 0 Å². The van der Waals surface area contributed by atoms with Gasteiger partial charge in [0.2, 0.25) is 0 Å². The predicted molar refractivity (Wildman–Crippen MR) is 78.9 cm³/mol. The number of amidine groups is 1. The van der Waals surface area contributed by atoms with Crippen LogP contribution in [0.5, 0.6) is 0 Å². The summed E-state index contributed by atoms with van der Waals surface area (Å²) in [5, 5.41) is 5.29. The first kappa shape index (κ1) is 14.8. The van der Waals surface area contributed by atoms with E-state index in [1.54, 1.807) is 0 Å². The Morgan fingerprint density at radius 1 is 1.41 bits per heavy atom. The first-order valence-electron chi connectivity index (χ1n) is 6.84. The van der Waals surface area contributed by atoms with Crippen LogP contribution in [0.3, 0.4) is 0 Å². The van der Waals surface area contributed by atoms with Crippen LogP contribution in [-0.4, -0.2) is 48.0 Å². The summed E-state index contributed by atoms with van der Waals surface area (Å²) in [6.45, 7) is 14.5. The minimum atomic E-state index is 0.681. The maximum absolute atomic E-state index is 4.55. The van der Waals surface area contributed by atoms with Crippen molar-refractivity contribution in [3.05, 3.63) is 0 Å². The van der Waals surface area contributed by atoms with Gasteiger partial charge in [-0.2, -0.15) is 0 Å². The van der Waals surface area contributed by atoms with Crippen LogP contribution in [0.25, 0.3) is 0 Å². The molecule has 0 saturated heterocycles. The fourth-order valence-corrected chi connectivity index (χ4v) is 2.92. The molecule has 17 heavy (non-hydrogen) atoms. The highest BCUT2D eigenvalue weighted by atomic mass is 32.2. The standard InChI is InChI=1S/C13H27N3S/c1-5-16(6-2)9-7-8-14-13-15-10-12(17-13)11(3)4/h11-12H,5-10H2,1-4H3,(H,14,15). The molecule has 4 heteroatoms. The lowest BCUT2D eigenvalue weighted by atomic mass is 10.1. The smallest absolute Gasteiger partial charge is 0.156 e. The molecule has 0 aromatic carbocycles. The molecule has 3 nitrogen and oxygen atoms in total. The number of aliphatic imine (C=N–C) groups is 1. The van der Waals surface area contributed by atoms with Gasteiger partial charge < -0.3 is 10.2 Å². The van der Waals surface area contributed by atoms with E-state index in [4.69, 9.17) is 0 Å². The number of hydrogen-bond donors (Lipinski definition) is 1. The average molecular weight is 257 g/mol. The van der Waals surface area contributed by atoms with Gasteiger partial charge in [-0.25, -0.2) is 0 Å². The lowest BCUT2D eigenvalue weighted by molar-refractivity contribution is 0.300. The highest BCUT2D eigenvalue weighted by Crippen LogP contribution is 2.25. The van der Waals surface area contributed by atoms with E-state index in [-0.39, 0.29) is 0 Å². The largest absolute Gasteiger partial charge is 0.365 e. The minimum absolute atomic E-state index is 0.681. The number of thioether (sulfide) groups is 1. The minimum Gasteiger partial charge on any atom is -0.365 e. The molecule has 0 aromatic rings. The van der Waals surface area contributed by atoms with Gasteiger partial charge in [-0.1, -0.05) is 39.5 Å². The van der Waals surface area contributed by atoms with Crippen molar-refractivity contribution in [2.45, 2.75) is 39.4 Å². The molecule has 1 aliphatic heterocycles. The number of nitrogens with zero attached hydrogens (tertiary/aromatic N) is 2. The van der Waals surface area contributed by atoms with Crippen molar-refractivity contribution in [2.75, 3.05) is 32.7 Å². The Morgan fingerprint density at radius 3 is 2.65 bits per heavy atom. The predicted octanol–water partition coefficient (Wildman–Crippen LogP) is 2.44. The van der Waals surface area contributed by atoms with Gasteiger partial charge in [-0.15, -0.1) is 0 Å². The summed E-state index contributed by atoms with van der Waals surface area (Å²) in [7, 11) is 0. The topological polar surface area (TPSA) is 27.6 Å². The zero-order chi connectivity index (χ0) is 12.7. The molecule has 1 aliphatic rings. The van der Waals surface area contributed by atoms with Crippen LogP contribution in [-0.2, 0) is 0 Å². The second-order valence-electron chi connectivity index (χ2n) is 4.85. The summed E-state index contributed by atoms with van der Waals surface area (Å²) in [5.41, 5.74) is 0. The fourth-order valence-electron chi connectivity index (χ4n) is 1.87. The van der Waals surface area contributed by atoms with E-state index in [1.807, 2.05) is 11.8 Å². The van der Waals surface area contributed by atoms with Gasteiger partial charge in [0.25, 0.3) is 0 Å². The quantitative estimate of drug-likeness (QED) is 0.710. The fraction of sp³-hybridized carbons (Fsp3) is 0.923. The van der Waals surface area contributed by atoms with Crippen molar-refractivity contribution in [1.29, 1.82) is 0 Å². The SMILES string of the molecule is CCN(CC)CCCNC1=NCC(C(C)C)S1. The highest BCUT2D eigenvalue weighted by molar-refractivity contribution is 8.14. The molecular weight excluding hydrogens is 230 g/mol. The Balaban J connectivity index is 2.08.